The van der Waals surface area contributed by atoms with Gasteiger partial charge in [-0.15, -0.1) is 0 Å². The molecular weight excluding hydrogens is 256 g/mol. The number of carbonyl (C=O) groups excluding carboxylic acids is 1. The lowest BCUT2D eigenvalue weighted by molar-refractivity contribution is 0.0774. The predicted molar refractivity (Wildman–Crippen MR) is 76.5 cm³/mol. The Kier molecular flexibility index (Phi) is 5.14. The van der Waals surface area contributed by atoms with Crippen molar-refractivity contribution in [3.8, 4) is 0 Å². The second kappa shape index (κ2) is 6.85. The Bertz CT molecular complexity index is 458. The van der Waals surface area contributed by atoms with Gasteiger partial charge in [0.2, 0.25) is 0 Å². The summed E-state index contributed by atoms with van der Waals surface area (Å²) >= 11 is 0. The minimum Gasteiger partial charge on any atom is -0.384 e. The summed E-state index contributed by atoms with van der Waals surface area (Å²) in [6.07, 6.45) is 3.56. The Morgan fingerprint density at radius 3 is 3.10 bits per heavy atom. The molecule has 0 aromatic carbocycles. The van der Waals surface area contributed by atoms with Crippen LogP contribution in [0.4, 0.5) is 0 Å². The van der Waals surface area contributed by atoms with Crippen LogP contribution in [0.1, 0.15) is 28.9 Å². The molecule has 1 aromatic heterocycles. The van der Waals surface area contributed by atoms with Gasteiger partial charge in [0.25, 0.3) is 5.91 Å². The third-order valence-electron chi connectivity index (χ3n) is 3.88. The molecule has 20 heavy (non-hydrogen) atoms. The minimum atomic E-state index is 0.0834. The standard InChI is InChI=1S/C14H24N4O2/c1-11-13(8-16-18(11)6-3-5-15)14(19)17-7-4-12(9-17)10-20-2/h8,12H,3-7,9-10,15H2,1-2H3. The van der Waals surface area contributed by atoms with Crippen molar-refractivity contribution < 1.29 is 9.53 Å². The third kappa shape index (κ3) is 3.19. The van der Waals surface area contributed by atoms with Crippen molar-refractivity contribution in [3.63, 3.8) is 0 Å². The summed E-state index contributed by atoms with van der Waals surface area (Å²) in [6, 6.07) is 0. The van der Waals surface area contributed by atoms with E-state index in [-0.39, 0.29) is 5.91 Å². The van der Waals surface area contributed by atoms with Crippen LogP contribution in [0.3, 0.4) is 0 Å². The second-order valence-corrected chi connectivity index (χ2v) is 5.37. The number of hydrogen-bond donors (Lipinski definition) is 1. The van der Waals surface area contributed by atoms with Crippen LogP contribution < -0.4 is 5.73 Å². The topological polar surface area (TPSA) is 73.4 Å². The number of methoxy groups -OCH3 is 1. The number of nitrogens with zero attached hydrogens (tertiary/aromatic N) is 3. The van der Waals surface area contributed by atoms with Gasteiger partial charge in [-0.1, -0.05) is 0 Å². The van der Waals surface area contributed by atoms with E-state index >= 15 is 0 Å². The Morgan fingerprint density at radius 2 is 2.40 bits per heavy atom. The molecule has 1 aliphatic heterocycles. The van der Waals surface area contributed by atoms with E-state index in [2.05, 4.69) is 5.10 Å². The molecule has 0 bridgehead atoms. The highest BCUT2D eigenvalue weighted by molar-refractivity contribution is 5.95. The summed E-state index contributed by atoms with van der Waals surface area (Å²) in [7, 11) is 1.70. The van der Waals surface area contributed by atoms with Crippen molar-refractivity contribution in [3.05, 3.63) is 17.5 Å². The van der Waals surface area contributed by atoms with Gasteiger partial charge in [-0.3, -0.25) is 9.48 Å². The van der Waals surface area contributed by atoms with Crippen LogP contribution in [0.25, 0.3) is 0 Å². The van der Waals surface area contributed by atoms with Crippen LogP contribution in [-0.2, 0) is 11.3 Å². The van der Waals surface area contributed by atoms with Gasteiger partial charge >= 0.3 is 0 Å². The van der Waals surface area contributed by atoms with E-state index in [0.717, 1.165) is 44.8 Å². The molecule has 1 saturated heterocycles. The molecule has 112 valence electrons. The Labute approximate surface area is 119 Å². The van der Waals surface area contributed by atoms with Gasteiger partial charge in [-0.25, -0.2) is 0 Å². The van der Waals surface area contributed by atoms with E-state index in [0.29, 0.717) is 18.0 Å². The van der Waals surface area contributed by atoms with E-state index in [1.165, 1.54) is 0 Å². The quantitative estimate of drug-likeness (QED) is 0.830. The van der Waals surface area contributed by atoms with Crippen molar-refractivity contribution in [1.82, 2.24) is 14.7 Å². The maximum absolute atomic E-state index is 12.5. The fourth-order valence-corrected chi connectivity index (χ4v) is 2.68. The lowest BCUT2D eigenvalue weighted by atomic mass is 10.1. The van der Waals surface area contributed by atoms with E-state index in [1.54, 1.807) is 13.3 Å². The highest BCUT2D eigenvalue weighted by Gasteiger charge is 2.28. The maximum Gasteiger partial charge on any atom is 0.257 e. The molecule has 1 fully saturated rings. The molecule has 1 atom stereocenters. The molecule has 2 heterocycles. The summed E-state index contributed by atoms with van der Waals surface area (Å²) in [5.74, 6) is 0.539. The van der Waals surface area contributed by atoms with Crippen LogP contribution in [0.15, 0.2) is 6.20 Å². The summed E-state index contributed by atoms with van der Waals surface area (Å²) in [5, 5.41) is 4.29. The molecule has 0 aliphatic carbocycles. The zero-order valence-electron chi connectivity index (χ0n) is 12.3. The fourth-order valence-electron chi connectivity index (χ4n) is 2.68. The number of nitrogens with two attached hydrogens (primary N) is 1. The summed E-state index contributed by atoms with van der Waals surface area (Å²) in [6.45, 7) is 5.65. The number of hydrogen-bond acceptors (Lipinski definition) is 4. The van der Waals surface area contributed by atoms with Gasteiger partial charge in [0.15, 0.2) is 0 Å². The van der Waals surface area contributed by atoms with Crippen molar-refractivity contribution in [2.24, 2.45) is 11.7 Å². The largest absolute Gasteiger partial charge is 0.384 e. The summed E-state index contributed by atoms with van der Waals surface area (Å²) < 4.78 is 7.03. The highest BCUT2D eigenvalue weighted by atomic mass is 16.5. The number of amides is 1. The van der Waals surface area contributed by atoms with Crippen molar-refractivity contribution in [2.45, 2.75) is 26.3 Å². The number of aromatic nitrogens is 2. The van der Waals surface area contributed by atoms with Crippen molar-refractivity contribution in [1.29, 1.82) is 0 Å². The van der Waals surface area contributed by atoms with Gasteiger partial charge < -0.3 is 15.4 Å². The van der Waals surface area contributed by atoms with Crippen LogP contribution in [0.5, 0.6) is 0 Å². The molecule has 2 rings (SSSR count). The Balaban J connectivity index is 2.01. The molecule has 1 aromatic rings. The first-order valence-corrected chi connectivity index (χ1v) is 7.18. The average molecular weight is 280 g/mol. The third-order valence-corrected chi connectivity index (χ3v) is 3.88. The Morgan fingerprint density at radius 1 is 1.60 bits per heavy atom. The zero-order valence-corrected chi connectivity index (χ0v) is 12.3. The molecular formula is C14H24N4O2. The molecule has 1 aliphatic rings. The smallest absolute Gasteiger partial charge is 0.257 e. The normalized spacial score (nSPS) is 18.8. The van der Waals surface area contributed by atoms with E-state index in [9.17, 15) is 4.79 Å². The highest BCUT2D eigenvalue weighted by Crippen LogP contribution is 2.20. The molecule has 1 unspecified atom stereocenters. The van der Waals surface area contributed by atoms with Crippen molar-refractivity contribution >= 4 is 5.91 Å². The number of likely N-dealkylation sites (tertiary alicyclic amines) is 1. The monoisotopic (exact) mass is 280 g/mol. The van der Waals surface area contributed by atoms with Gasteiger partial charge in [0.1, 0.15) is 0 Å². The summed E-state index contributed by atoms with van der Waals surface area (Å²) in [4.78, 5) is 14.4. The van der Waals surface area contributed by atoms with Crippen LogP contribution in [-0.4, -0.2) is 53.9 Å². The SMILES string of the molecule is COCC1CCN(C(=O)c2cnn(CCCN)c2C)C1. The predicted octanol–water partition coefficient (Wildman–Crippen LogP) is 0.649. The summed E-state index contributed by atoms with van der Waals surface area (Å²) in [5.41, 5.74) is 7.15. The van der Waals surface area contributed by atoms with Crippen molar-refractivity contribution in [2.75, 3.05) is 33.4 Å². The number of aryl methyl sites for hydroxylation is 1. The maximum atomic E-state index is 12.5. The van der Waals surface area contributed by atoms with Crippen LogP contribution in [0.2, 0.25) is 0 Å². The van der Waals surface area contributed by atoms with Crippen LogP contribution >= 0.6 is 0 Å². The number of ether oxygens (including phenoxy) is 1. The Hall–Kier alpha value is -1.40. The molecule has 6 nitrogen and oxygen atoms in total. The van der Waals surface area contributed by atoms with E-state index in [1.807, 2.05) is 16.5 Å². The van der Waals surface area contributed by atoms with Gasteiger partial charge in [0, 0.05) is 38.4 Å². The lowest BCUT2D eigenvalue weighted by Crippen LogP contribution is -2.29. The van der Waals surface area contributed by atoms with Gasteiger partial charge in [-0.2, -0.15) is 5.10 Å². The molecule has 0 spiro atoms. The first kappa shape index (κ1) is 15.0. The van der Waals surface area contributed by atoms with E-state index < -0.39 is 0 Å². The molecule has 0 radical (unpaired) electrons. The molecule has 6 heteroatoms. The first-order chi connectivity index (χ1) is 9.67. The van der Waals surface area contributed by atoms with Crippen LogP contribution in [0, 0.1) is 12.8 Å². The zero-order chi connectivity index (χ0) is 14.5. The lowest BCUT2D eigenvalue weighted by Gasteiger charge is -2.16. The molecule has 1 amide bonds. The second-order valence-electron chi connectivity index (χ2n) is 5.37. The number of carbonyl (C=O) groups is 1. The number of rotatable bonds is 6. The molecule has 0 saturated carbocycles. The average Bonchev–Trinajstić information content (AvgIpc) is 3.04. The van der Waals surface area contributed by atoms with Gasteiger partial charge in [0.05, 0.1) is 18.4 Å². The fraction of sp³-hybridized carbons (Fsp3) is 0.714. The van der Waals surface area contributed by atoms with E-state index in [4.69, 9.17) is 10.5 Å². The minimum absolute atomic E-state index is 0.0834. The molecule has 2 N–H and O–H groups in total. The first-order valence-electron chi connectivity index (χ1n) is 7.18. The van der Waals surface area contributed by atoms with Gasteiger partial charge in [-0.05, 0) is 26.3 Å².